The van der Waals surface area contributed by atoms with Crippen molar-refractivity contribution in [3.63, 3.8) is 0 Å². The molecule has 0 aliphatic rings. The average Bonchev–Trinajstić information content (AvgIpc) is 2.83. The molecule has 7 nitrogen and oxygen atoms in total. The predicted molar refractivity (Wildman–Crippen MR) is 164 cm³/mol. The van der Waals surface area contributed by atoms with Gasteiger partial charge in [0.25, 0.3) is 0 Å². The van der Waals surface area contributed by atoms with Gasteiger partial charge < -0.3 is 20.3 Å². The fourth-order valence-corrected chi connectivity index (χ4v) is 4.93. The number of hydrogen-bond donors (Lipinski definition) is 2. The summed E-state index contributed by atoms with van der Waals surface area (Å²) in [6, 6.07) is 6.71. The molecule has 2 amide bonds. The zero-order valence-electron chi connectivity index (χ0n) is 27.5. The topological polar surface area (TPSA) is 87.7 Å². The summed E-state index contributed by atoms with van der Waals surface area (Å²) >= 11 is 0. The standard InChI is InChI=1S/C33H55N3O4/c1-15-40-30(39)22(4)20-25(21(2)3)36(14)29(38)27(32(8,9)10)35-28(37)26(34-13)33(11,12)24-18-16-23(17-19-24)31(5,6)7/h16-21,25-27,34H,15H2,1-14H3,(H,35,37)/t25-,26?,27-/m1/s1. The first-order valence-corrected chi connectivity index (χ1v) is 14.4. The van der Waals surface area contributed by atoms with Crippen LogP contribution in [-0.4, -0.2) is 61.5 Å². The van der Waals surface area contributed by atoms with Gasteiger partial charge in [-0.25, -0.2) is 4.79 Å². The normalized spacial score (nSPS) is 15.3. The summed E-state index contributed by atoms with van der Waals surface area (Å²) in [6.45, 7) is 24.2. The van der Waals surface area contributed by atoms with E-state index in [1.807, 2.05) is 48.5 Å². The van der Waals surface area contributed by atoms with Crippen LogP contribution in [0.1, 0.15) is 94.2 Å². The van der Waals surface area contributed by atoms with E-state index in [9.17, 15) is 14.4 Å². The molecule has 40 heavy (non-hydrogen) atoms. The van der Waals surface area contributed by atoms with Crippen LogP contribution in [0, 0.1) is 11.3 Å². The molecule has 0 fully saturated rings. The Morgan fingerprint density at radius 3 is 1.82 bits per heavy atom. The van der Waals surface area contributed by atoms with Gasteiger partial charge in [0.05, 0.1) is 18.7 Å². The Labute approximate surface area is 243 Å². The van der Waals surface area contributed by atoms with E-state index in [4.69, 9.17) is 4.74 Å². The van der Waals surface area contributed by atoms with Crippen molar-refractivity contribution in [1.29, 1.82) is 0 Å². The maximum Gasteiger partial charge on any atom is 0.333 e. The van der Waals surface area contributed by atoms with E-state index in [0.717, 1.165) is 5.56 Å². The molecule has 0 heterocycles. The van der Waals surface area contributed by atoms with Crippen LogP contribution in [0.3, 0.4) is 0 Å². The zero-order chi connectivity index (χ0) is 31.2. The number of nitrogens with one attached hydrogen (secondary N) is 2. The summed E-state index contributed by atoms with van der Waals surface area (Å²) in [6.07, 6.45) is 1.78. The van der Waals surface area contributed by atoms with Crippen molar-refractivity contribution in [1.82, 2.24) is 15.5 Å². The molecule has 0 saturated heterocycles. The second kappa shape index (κ2) is 13.8. The third-order valence-electron chi connectivity index (χ3n) is 7.66. The maximum absolute atomic E-state index is 14.0. The molecular formula is C33H55N3O4. The Kier molecular flexibility index (Phi) is 12.2. The number of carbonyl (C=O) groups excluding carboxylic acids is 3. The van der Waals surface area contributed by atoms with Crippen LogP contribution in [0.2, 0.25) is 0 Å². The first-order valence-electron chi connectivity index (χ1n) is 14.4. The molecule has 0 bridgehead atoms. The molecule has 3 atom stereocenters. The molecular weight excluding hydrogens is 502 g/mol. The molecule has 0 aromatic heterocycles. The van der Waals surface area contributed by atoms with E-state index in [1.165, 1.54) is 5.56 Å². The van der Waals surface area contributed by atoms with E-state index in [0.29, 0.717) is 5.57 Å². The van der Waals surface area contributed by atoms with Gasteiger partial charge in [0.15, 0.2) is 0 Å². The minimum absolute atomic E-state index is 0.0344. The van der Waals surface area contributed by atoms with E-state index < -0.39 is 28.9 Å². The van der Waals surface area contributed by atoms with Crippen molar-refractivity contribution in [2.45, 2.75) is 112 Å². The molecule has 1 aromatic carbocycles. The second-order valence-corrected chi connectivity index (χ2v) is 13.8. The summed E-state index contributed by atoms with van der Waals surface area (Å²) in [4.78, 5) is 41.7. The third kappa shape index (κ3) is 8.92. The van der Waals surface area contributed by atoms with Crippen molar-refractivity contribution in [3.05, 3.63) is 47.0 Å². The monoisotopic (exact) mass is 557 g/mol. The van der Waals surface area contributed by atoms with E-state index in [-0.39, 0.29) is 35.8 Å². The zero-order valence-corrected chi connectivity index (χ0v) is 27.5. The predicted octanol–water partition coefficient (Wildman–Crippen LogP) is 5.37. The molecule has 0 saturated carbocycles. The van der Waals surface area contributed by atoms with Crippen molar-refractivity contribution in [2.24, 2.45) is 11.3 Å². The summed E-state index contributed by atoms with van der Waals surface area (Å²) in [5.74, 6) is -0.818. The molecule has 0 radical (unpaired) electrons. The van der Waals surface area contributed by atoms with Crippen LogP contribution in [0.15, 0.2) is 35.9 Å². The van der Waals surface area contributed by atoms with Crippen molar-refractivity contribution in [2.75, 3.05) is 20.7 Å². The van der Waals surface area contributed by atoms with Crippen LogP contribution < -0.4 is 10.6 Å². The number of likely N-dealkylation sites (N-methyl/N-ethyl adjacent to an activating group) is 2. The van der Waals surface area contributed by atoms with E-state index in [1.54, 1.807) is 38.9 Å². The molecule has 226 valence electrons. The number of amides is 2. The largest absolute Gasteiger partial charge is 0.463 e. The van der Waals surface area contributed by atoms with Gasteiger partial charge in [0.2, 0.25) is 11.8 Å². The molecule has 1 rings (SSSR count). The molecule has 1 aromatic rings. The molecule has 1 unspecified atom stereocenters. The molecule has 0 aliphatic carbocycles. The first kappa shape index (κ1) is 35.4. The average molecular weight is 558 g/mol. The van der Waals surface area contributed by atoms with Crippen LogP contribution in [0.5, 0.6) is 0 Å². The highest BCUT2D eigenvalue weighted by molar-refractivity contribution is 5.92. The Morgan fingerprint density at radius 1 is 0.925 bits per heavy atom. The maximum atomic E-state index is 14.0. The number of ether oxygens (including phenoxy) is 1. The Bertz CT molecular complexity index is 1040. The quantitative estimate of drug-likeness (QED) is 0.282. The summed E-state index contributed by atoms with van der Waals surface area (Å²) in [5.41, 5.74) is 1.64. The molecule has 0 aliphatic heterocycles. The number of hydrogen-bond acceptors (Lipinski definition) is 5. The van der Waals surface area contributed by atoms with Crippen LogP contribution in [0.25, 0.3) is 0 Å². The highest BCUT2D eigenvalue weighted by Crippen LogP contribution is 2.31. The molecule has 2 N–H and O–H groups in total. The fourth-order valence-electron chi connectivity index (χ4n) is 4.93. The van der Waals surface area contributed by atoms with Gasteiger partial charge in [0, 0.05) is 18.0 Å². The van der Waals surface area contributed by atoms with Crippen LogP contribution in [-0.2, 0) is 30.0 Å². The number of carbonyl (C=O) groups is 3. The number of rotatable bonds is 11. The van der Waals surface area contributed by atoms with Gasteiger partial charge in [-0.15, -0.1) is 0 Å². The van der Waals surface area contributed by atoms with Crippen LogP contribution in [0.4, 0.5) is 0 Å². The van der Waals surface area contributed by atoms with Gasteiger partial charge in [-0.2, -0.15) is 0 Å². The second-order valence-electron chi connectivity index (χ2n) is 13.8. The van der Waals surface area contributed by atoms with Crippen molar-refractivity contribution >= 4 is 17.8 Å². The number of benzene rings is 1. The number of esters is 1. The third-order valence-corrected chi connectivity index (χ3v) is 7.66. The van der Waals surface area contributed by atoms with E-state index >= 15 is 0 Å². The van der Waals surface area contributed by atoms with Gasteiger partial charge in [0.1, 0.15) is 6.04 Å². The SMILES string of the molecule is CCOC(=O)C(C)=C[C@H](C(C)C)N(C)C(=O)[C@@H](NC(=O)C(NC)C(C)(C)c1ccc(C(C)(C)C)cc1)C(C)(C)C. The van der Waals surface area contributed by atoms with Gasteiger partial charge >= 0.3 is 5.97 Å². The van der Waals surface area contributed by atoms with Gasteiger partial charge in [-0.1, -0.05) is 99.6 Å². The van der Waals surface area contributed by atoms with Crippen molar-refractivity contribution < 1.29 is 19.1 Å². The lowest BCUT2D eigenvalue weighted by Gasteiger charge is -2.40. The smallest absolute Gasteiger partial charge is 0.333 e. The van der Waals surface area contributed by atoms with Crippen molar-refractivity contribution in [3.8, 4) is 0 Å². The van der Waals surface area contributed by atoms with Gasteiger partial charge in [-0.05, 0) is 48.8 Å². The summed E-state index contributed by atoms with van der Waals surface area (Å²) in [7, 11) is 3.50. The Morgan fingerprint density at radius 2 is 1.43 bits per heavy atom. The lowest BCUT2D eigenvalue weighted by atomic mass is 9.75. The van der Waals surface area contributed by atoms with Crippen LogP contribution >= 0.6 is 0 Å². The summed E-state index contributed by atoms with van der Waals surface area (Å²) < 4.78 is 5.13. The Balaban J connectivity index is 3.33. The lowest BCUT2D eigenvalue weighted by Crippen LogP contribution is -2.61. The number of nitrogens with zero attached hydrogens (tertiary/aromatic N) is 1. The molecule has 7 heteroatoms. The van der Waals surface area contributed by atoms with E-state index in [2.05, 4.69) is 55.7 Å². The summed E-state index contributed by atoms with van der Waals surface area (Å²) in [5, 5.41) is 6.29. The van der Waals surface area contributed by atoms with Gasteiger partial charge in [-0.3, -0.25) is 9.59 Å². The highest BCUT2D eigenvalue weighted by Gasteiger charge is 2.41. The molecule has 0 spiro atoms. The fraction of sp³-hybridized carbons (Fsp3) is 0.667. The minimum Gasteiger partial charge on any atom is -0.463 e. The minimum atomic E-state index is -0.780. The Hall–Kier alpha value is -2.67. The highest BCUT2D eigenvalue weighted by atomic mass is 16.5. The first-order chi connectivity index (χ1) is 18.2. The lowest BCUT2D eigenvalue weighted by molar-refractivity contribution is -0.141.